The van der Waals surface area contributed by atoms with Gasteiger partial charge < -0.3 is 0 Å². The third-order valence-corrected chi connectivity index (χ3v) is 1.03. The van der Waals surface area contributed by atoms with Crippen LogP contribution in [0, 0.1) is 11.3 Å². The van der Waals surface area contributed by atoms with Gasteiger partial charge in [-0.15, -0.1) is 0 Å². The van der Waals surface area contributed by atoms with E-state index in [4.69, 9.17) is 5.26 Å². The van der Waals surface area contributed by atoms with Gasteiger partial charge in [-0.1, -0.05) is 13.5 Å². The smallest absolute Gasteiger partial charge is 0.116 e. The highest BCUT2D eigenvalue weighted by atomic mass is 14.9. The highest BCUT2D eigenvalue weighted by molar-refractivity contribution is 5.12. The summed E-state index contributed by atoms with van der Waals surface area (Å²) in [4.78, 5) is 0. The minimum absolute atomic E-state index is 0.171. The van der Waals surface area contributed by atoms with Crippen molar-refractivity contribution in [2.24, 2.45) is 0 Å². The summed E-state index contributed by atoms with van der Waals surface area (Å²) in [5, 5.41) is 11.4. The van der Waals surface area contributed by atoms with E-state index in [1.807, 2.05) is 13.8 Å². The van der Waals surface area contributed by atoms with Gasteiger partial charge in [-0.25, -0.2) is 0 Å². The molecule has 0 aliphatic carbocycles. The molecule has 0 saturated carbocycles. The van der Waals surface area contributed by atoms with Gasteiger partial charge in [0.25, 0.3) is 0 Å². The Morgan fingerprint density at radius 1 is 1.89 bits per heavy atom. The van der Waals surface area contributed by atoms with Crippen LogP contribution < -0.4 is 5.32 Å². The topological polar surface area (TPSA) is 35.8 Å². The molecule has 50 valence electrons. The lowest BCUT2D eigenvalue weighted by molar-refractivity contribution is 0.690. The van der Waals surface area contributed by atoms with Crippen LogP contribution in [0.1, 0.15) is 13.8 Å². The van der Waals surface area contributed by atoms with Gasteiger partial charge in [0.05, 0.1) is 6.07 Å². The zero-order valence-corrected chi connectivity index (χ0v) is 5.94. The first-order valence-electron chi connectivity index (χ1n) is 3.00. The van der Waals surface area contributed by atoms with Crippen molar-refractivity contribution in [2.45, 2.75) is 19.9 Å². The molecule has 1 atom stereocenters. The Balaban J connectivity index is 3.72. The normalized spacial score (nSPS) is 12.1. The van der Waals surface area contributed by atoms with E-state index in [1.165, 1.54) is 0 Å². The van der Waals surface area contributed by atoms with Crippen molar-refractivity contribution in [1.29, 1.82) is 5.26 Å². The van der Waals surface area contributed by atoms with Gasteiger partial charge in [-0.2, -0.15) is 5.26 Å². The molecule has 1 N–H and O–H groups in total. The van der Waals surface area contributed by atoms with Crippen molar-refractivity contribution in [3.05, 3.63) is 12.2 Å². The molecule has 0 rings (SSSR count). The summed E-state index contributed by atoms with van der Waals surface area (Å²) < 4.78 is 0. The Morgan fingerprint density at radius 2 is 2.44 bits per heavy atom. The lowest BCUT2D eigenvalue weighted by Crippen LogP contribution is -2.27. The van der Waals surface area contributed by atoms with E-state index in [2.05, 4.69) is 18.0 Å². The first kappa shape index (κ1) is 8.19. The second-order valence-corrected chi connectivity index (χ2v) is 1.97. The Bertz CT molecular complexity index is 132. The zero-order valence-electron chi connectivity index (χ0n) is 5.94. The van der Waals surface area contributed by atoms with E-state index in [9.17, 15) is 0 Å². The fourth-order valence-electron chi connectivity index (χ4n) is 0.534. The number of likely N-dealkylation sites (N-methyl/N-ethyl adjacent to an activating group) is 1. The quantitative estimate of drug-likeness (QED) is 0.571. The molecule has 0 aliphatic rings. The summed E-state index contributed by atoms with van der Waals surface area (Å²) in [6.45, 7) is 8.28. The van der Waals surface area contributed by atoms with Crippen molar-refractivity contribution in [1.82, 2.24) is 5.32 Å². The van der Waals surface area contributed by atoms with E-state index in [1.54, 1.807) is 0 Å². The summed E-state index contributed by atoms with van der Waals surface area (Å²) in [7, 11) is 0. The fourth-order valence-corrected chi connectivity index (χ4v) is 0.534. The predicted molar refractivity (Wildman–Crippen MR) is 37.9 cm³/mol. The van der Waals surface area contributed by atoms with Crippen LogP contribution in [0.15, 0.2) is 12.2 Å². The molecule has 2 heteroatoms. The number of hydrogen-bond donors (Lipinski definition) is 1. The van der Waals surface area contributed by atoms with Crippen molar-refractivity contribution >= 4 is 0 Å². The molecule has 0 saturated heterocycles. The molecule has 0 aromatic rings. The summed E-state index contributed by atoms with van der Waals surface area (Å²) in [6, 6.07) is 1.92. The Hall–Kier alpha value is -0.810. The van der Waals surface area contributed by atoms with Crippen LogP contribution in [0.25, 0.3) is 0 Å². The molecule has 2 nitrogen and oxygen atoms in total. The summed E-state index contributed by atoms with van der Waals surface area (Å²) in [5.41, 5.74) is 0.874. The molecule has 0 fully saturated rings. The number of nitrogens with zero attached hydrogens (tertiary/aromatic N) is 1. The molecule has 0 aromatic heterocycles. The van der Waals surface area contributed by atoms with Gasteiger partial charge >= 0.3 is 0 Å². The number of nitriles is 1. The SMILES string of the molecule is C=C(C)C(C#N)NCC. The molecule has 0 aromatic carbocycles. The van der Waals surface area contributed by atoms with Crippen LogP contribution in [0.3, 0.4) is 0 Å². The molecule has 0 heterocycles. The second-order valence-electron chi connectivity index (χ2n) is 1.97. The molecule has 0 radical (unpaired) electrons. The van der Waals surface area contributed by atoms with E-state index >= 15 is 0 Å². The average Bonchev–Trinajstić information content (AvgIpc) is 1.82. The number of rotatable bonds is 3. The lowest BCUT2D eigenvalue weighted by atomic mass is 10.2. The van der Waals surface area contributed by atoms with Gasteiger partial charge in [-0.3, -0.25) is 5.32 Å². The van der Waals surface area contributed by atoms with E-state index < -0.39 is 0 Å². The summed E-state index contributed by atoms with van der Waals surface area (Å²) >= 11 is 0. The first-order valence-corrected chi connectivity index (χ1v) is 3.00. The molecular weight excluding hydrogens is 112 g/mol. The van der Waals surface area contributed by atoms with Gasteiger partial charge in [0.2, 0.25) is 0 Å². The molecule has 0 amide bonds. The van der Waals surface area contributed by atoms with Crippen molar-refractivity contribution < 1.29 is 0 Å². The number of hydrogen-bond acceptors (Lipinski definition) is 2. The largest absolute Gasteiger partial charge is 0.299 e. The van der Waals surface area contributed by atoms with Crippen molar-refractivity contribution in [3.8, 4) is 6.07 Å². The minimum atomic E-state index is -0.171. The zero-order chi connectivity index (χ0) is 7.28. The van der Waals surface area contributed by atoms with E-state index in [0.29, 0.717) is 0 Å². The standard InChI is InChI=1S/C7H12N2/c1-4-9-7(5-8)6(2)3/h7,9H,2,4H2,1,3H3. The van der Waals surface area contributed by atoms with E-state index in [-0.39, 0.29) is 6.04 Å². The Morgan fingerprint density at radius 3 is 2.56 bits per heavy atom. The second kappa shape index (κ2) is 4.11. The fraction of sp³-hybridized carbons (Fsp3) is 0.571. The van der Waals surface area contributed by atoms with Crippen LogP contribution in [0.2, 0.25) is 0 Å². The molecular formula is C7H12N2. The maximum absolute atomic E-state index is 8.45. The molecule has 0 spiro atoms. The van der Waals surface area contributed by atoms with Gasteiger partial charge in [0, 0.05) is 0 Å². The van der Waals surface area contributed by atoms with Gasteiger partial charge in [0.1, 0.15) is 6.04 Å². The molecule has 1 unspecified atom stereocenters. The molecule has 0 bridgehead atoms. The van der Waals surface area contributed by atoms with Crippen LogP contribution in [0.4, 0.5) is 0 Å². The molecule has 9 heavy (non-hydrogen) atoms. The first-order chi connectivity index (χ1) is 4.22. The Labute approximate surface area is 56.2 Å². The van der Waals surface area contributed by atoms with E-state index in [0.717, 1.165) is 12.1 Å². The third kappa shape index (κ3) is 2.89. The minimum Gasteiger partial charge on any atom is -0.299 e. The third-order valence-electron chi connectivity index (χ3n) is 1.03. The predicted octanol–water partition coefficient (Wildman–Crippen LogP) is 1.06. The number of nitrogens with one attached hydrogen (secondary N) is 1. The summed E-state index contributed by atoms with van der Waals surface area (Å²) in [5.74, 6) is 0. The highest BCUT2D eigenvalue weighted by Crippen LogP contribution is 1.94. The van der Waals surface area contributed by atoms with Crippen LogP contribution >= 0.6 is 0 Å². The van der Waals surface area contributed by atoms with Crippen LogP contribution in [0.5, 0.6) is 0 Å². The average molecular weight is 124 g/mol. The maximum Gasteiger partial charge on any atom is 0.116 e. The Kier molecular flexibility index (Phi) is 3.74. The van der Waals surface area contributed by atoms with Crippen molar-refractivity contribution in [3.63, 3.8) is 0 Å². The van der Waals surface area contributed by atoms with Crippen molar-refractivity contribution in [2.75, 3.05) is 6.54 Å². The molecule has 0 aliphatic heterocycles. The van der Waals surface area contributed by atoms with Crippen LogP contribution in [-0.4, -0.2) is 12.6 Å². The lowest BCUT2D eigenvalue weighted by Gasteiger charge is -2.06. The maximum atomic E-state index is 8.45. The van der Waals surface area contributed by atoms with Gasteiger partial charge in [-0.05, 0) is 19.0 Å². The highest BCUT2D eigenvalue weighted by Gasteiger charge is 2.02. The summed E-state index contributed by atoms with van der Waals surface area (Å²) in [6.07, 6.45) is 0. The van der Waals surface area contributed by atoms with Crippen LogP contribution in [-0.2, 0) is 0 Å². The monoisotopic (exact) mass is 124 g/mol. The van der Waals surface area contributed by atoms with Gasteiger partial charge in [0.15, 0.2) is 0 Å².